The Morgan fingerprint density at radius 2 is 1.83 bits per heavy atom. The minimum Gasteiger partial charge on any atom is -0.218 e. The van der Waals surface area contributed by atoms with Gasteiger partial charge in [-0.15, -0.1) is 10.2 Å². The van der Waals surface area contributed by atoms with Crippen LogP contribution in [0.3, 0.4) is 0 Å². The van der Waals surface area contributed by atoms with Gasteiger partial charge in [-0.3, -0.25) is 0 Å². The van der Waals surface area contributed by atoms with E-state index in [0.717, 1.165) is 17.5 Å². The minimum atomic E-state index is -0.840. The van der Waals surface area contributed by atoms with Crippen molar-refractivity contribution in [3.05, 3.63) is 65.0 Å². The van der Waals surface area contributed by atoms with Crippen LogP contribution in [0.4, 0.5) is 8.78 Å². The van der Waals surface area contributed by atoms with Crippen molar-refractivity contribution in [2.24, 2.45) is 0 Å². The SMILES string of the molecule is Cc1cc(C)n(-c2ccc(SCc3ccc(F)c(F)c3)nn2)n1. The molecule has 1 aromatic carbocycles. The molecule has 4 nitrogen and oxygen atoms in total. The number of rotatable bonds is 4. The molecular formula is C16H14F2N4S. The van der Waals surface area contributed by atoms with Crippen LogP contribution in [-0.2, 0) is 5.75 Å². The maximum atomic E-state index is 13.2. The van der Waals surface area contributed by atoms with Crippen molar-refractivity contribution < 1.29 is 8.78 Å². The molecule has 0 atom stereocenters. The summed E-state index contributed by atoms with van der Waals surface area (Å²) in [6.07, 6.45) is 0. The van der Waals surface area contributed by atoms with Gasteiger partial charge in [0.15, 0.2) is 17.5 Å². The van der Waals surface area contributed by atoms with E-state index in [4.69, 9.17) is 0 Å². The summed E-state index contributed by atoms with van der Waals surface area (Å²) in [5.74, 6) is -0.542. The maximum absolute atomic E-state index is 13.2. The minimum absolute atomic E-state index is 0.491. The molecule has 0 spiro atoms. The first kappa shape index (κ1) is 15.6. The lowest BCUT2D eigenvalue weighted by Crippen LogP contribution is -2.03. The number of thioether (sulfide) groups is 1. The lowest BCUT2D eigenvalue weighted by molar-refractivity contribution is 0.507. The average molecular weight is 332 g/mol. The molecule has 0 N–H and O–H groups in total. The molecule has 23 heavy (non-hydrogen) atoms. The first-order chi connectivity index (χ1) is 11.0. The van der Waals surface area contributed by atoms with Gasteiger partial charge in [0, 0.05) is 11.4 Å². The first-order valence-electron chi connectivity index (χ1n) is 6.97. The van der Waals surface area contributed by atoms with Crippen LogP contribution in [0, 0.1) is 25.5 Å². The second kappa shape index (κ2) is 6.45. The molecular weight excluding hydrogens is 318 g/mol. The molecule has 118 valence electrons. The summed E-state index contributed by atoms with van der Waals surface area (Å²) in [4.78, 5) is 0. The molecule has 0 saturated heterocycles. The van der Waals surface area contributed by atoms with Crippen LogP contribution < -0.4 is 0 Å². The molecule has 0 radical (unpaired) electrons. The molecule has 0 bridgehead atoms. The lowest BCUT2D eigenvalue weighted by atomic mass is 10.2. The zero-order chi connectivity index (χ0) is 16.4. The van der Waals surface area contributed by atoms with E-state index in [1.54, 1.807) is 10.7 Å². The van der Waals surface area contributed by atoms with E-state index in [-0.39, 0.29) is 0 Å². The number of hydrogen-bond donors (Lipinski definition) is 0. The Labute approximate surface area is 136 Å². The highest BCUT2D eigenvalue weighted by Crippen LogP contribution is 2.22. The Kier molecular flexibility index (Phi) is 4.38. The molecule has 0 aliphatic carbocycles. The monoisotopic (exact) mass is 332 g/mol. The van der Waals surface area contributed by atoms with Crippen molar-refractivity contribution in [1.29, 1.82) is 0 Å². The molecule has 0 amide bonds. The Bertz CT molecular complexity index is 831. The van der Waals surface area contributed by atoms with E-state index in [2.05, 4.69) is 15.3 Å². The zero-order valence-electron chi connectivity index (χ0n) is 12.6. The van der Waals surface area contributed by atoms with E-state index in [1.165, 1.54) is 17.8 Å². The molecule has 0 unspecified atom stereocenters. The van der Waals surface area contributed by atoms with Crippen molar-refractivity contribution in [1.82, 2.24) is 20.0 Å². The summed E-state index contributed by atoms with van der Waals surface area (Å²) in [5.41, 5.74) is 2.60. The fourth-order valence-corrected chi connectivity index (χ4v) is 2.91. The predicted octanol–water partition coefficient (Wildman–Crippen LogP) is 3.85. The van der Waals surface area contributed by atoms with Gasteiger partial charge in [-0.05, 0) is 49.7 Å². The fourth-order valence-electron chi connectivity index (χ4n) is 2.15. The van der Waals surface area contributed by atoms with Crippen LogP contribution in [0.5, 0.6) is 0 Å². The molecule has 7 heteroatoms. The van der Waals surface area contributed by atoms with Crippen LogP contribution in [0.1, 0.15) is 17.0 Å². The molecule has 0 saturated carbocycles. The Hall–Kier alpha value is -2.28. The molecule has 3 aromatic rings. The third kappa shape index (κ3) is 3.56. The molecule has 2 heterocycles. The van der Waals surface area contributed by atoms with Gasteiger partial charge in [0.2, 0.25) is 0 Å². The van der Waals surface area contributed by atoms with E-state index >= 15 is 0 Å². The second-order valence-corrected chi connectivity index (χ2v) is 6.10. The molecule has 3 rings (SSSR count). The van der Waals surface area contributed by atoms with E-state index in [0.29, 0.717) is 22.2 Å². The highest BCUT2D eigenvalue weighted by atomic mass is 32.2. The average Bonchev–Trinajstić information content (AvgIpc) is 2.87. The summed E-state index contributed by atoms with van der Waals surface area (Å²) >= 11 is 1.41. The van der Waals surface area contributed by atoms with E-state index < -0.39 is 11.6 Å². The van der Waals surface area contributed by atoms with Crippen molar-refractivity contribution in [2.75, 3.05) is 0 Å². The van der Waals surface area contributed by atoms with Gasteiger partial charge >= 0.3 is 0 Å². The van der Waals surface area contributed by atoms with Crippen LogP contribution in [0.15, 0.2) is 41.4 Å². The number of hydrogen-bond acceptors (Lipinski definition) is 4. The number of aryl methyl sites for hydroxylation is 2. The van der Waals surface area contributed by atoms with Gasteiger partial charge in [-0.2, -0.15) is 5.10 Å². The zero-order valence-corrected chi connectivity index (χ0v) is 13.4. The Balaban J connectivity index is 1.70. The smallest absolute Gasteiger partial charge is 0.175 e. The molecule has 0 aliphatic heterocycles. The Morgan fingerprint density at radius 3 is 2.43 bits per heavy atom. The lowest BCUT2D eigenvalue weighted by Gasteiger charge is -2.04. The standard InChI is InChI=1S/C16H14F2N4S/c1-10-7-11(2)22(21-10)15-5-6-16(20-19-15)23-9-12-3-4-13(17)14(18)8-12/h3-8H,9H2,1-2H3. The van der Waals surface area contributed by atoms with E-state index in [1.807, 2.05) is 32.0 Å². The Morgan fingerprint density at radius 1 is 1.00 bits per heavy atom. The van der Waals surface area contributed by atoms with Crippen molar-refractivity contribution >= 4 is 11.8 Å². The van der Waals surface area contributed by atoms with Crippen LogP contribution in [0.25, 0.3) is 5.82 Å². The summed E-state index contributed by atoms with van der Waals surface area (Å²) in [6, 6.07) is 9.52. The summed E-state index contributed by atoms with van der Waals surface area (Å²) in [7, 11) is 0. The van der Waals surface area contributed by atoms with Gasteiger partial charge in [0.25, 0.3) is 0 Å². The van der Waals surface area contributed by atoms with Crippen molar-refractivity contribution in [2.45, 2.75) is 24.6 Å². The maximum Gasteiger partial charge on any atom is 0.175 e. The van der Waals surface area contributed by atoms with Crippen LogP contribution in [0.2, 0.25) is 0 Å². The summed E-state index contributed by atoms with van der Waals surface area (Å²) < 4.78 is 27.8. The quantitative estimate of drug-likeness (QED) is 0.681. The number of benzene rings is 1. The highest BCUT2D eigenvalue weighted by molar-refractivity contribution is 7.98. The van der Waals surface area contributed by atoms with Crippen molar-refractivity contribution in [3.8, 4) is 5.82 Å². The van der Waals surface area contributed by atoms with Gasteiger partial charge in [0.1, 0.15) is 5.03 Å². The summed E-state index contributed by atoms with van der Waals surface area (Å²) in [6.45, 7) is 3.87. The molecule has 0 fully saturated rings. The van der Waals surface area contributed by atoms with Crippen molar-refractivity contribution in [3.63, 3.8) is 0 Å². The second-order valence-electron chi connectivity index (χ2n) is 5.11. The van der Waals surface area contributed by atoms with Gasteiger partial charge in [-0.1, -0.05) is 17.8 Å². The fraction of sp³-hybridized carbons (Fsp3) is 0.188. The normalized spacial score (nSPS) is 11.0. The predicted molar refractivity (Wildman–Crippen MR) is 84.5 cm³/mol. The topological polar surface area (TPSA) is 43.6 Å². The first-order valence-corrected chi connectivity index (χ1v) is 7.95. The third-order valence-electron chi connectivity index (χ3n) is 3.22. The van der Waals surface area contributed by atoms with Gasteiger partial charge in [0.05, 0.1) is 5.69 Å². The number of halogens is 2. The number of nitrogens with zero attached hydrogens (tertiary/aromatic N) is 4. The molecule has 2 aromatic heterocycles. The van der Waals surface area contributed by atoms with Gasteiger partial charge < -0.3 is 0 Å². The van der Waals surface area contributed by atoms with E-state index in [9.17, 15) is 8.78 Å². The largest absolute Gasteiger partial charge is 0.218 e. The van der Waals surface area contributed by atoms with Crippen LogP contribution in [-0.4, -0.2) is 20.0 Å². The molecule has 0 aliphatic rings. The highest BCUT2D eigenvalue weighted by Gasteiger charge is 2.07. The number of aromatic nitrogens is 4. The van der Waals surface area contributed by atoms with Crippen LogP contribution >= 0.6 is 11.8 Å². The summed E-state index contributed by atoms with van der Waals surface area (Å²) in [5, 5.41) is 13.4. The van der Waals surface area contributed by atoms with Gasteiger partial charge in [-0.25, -0.2) is 13.5 Å². The third-order valence-corrected chi connectivity index (χ3v) is 4.21.